The largest absolute Gasteiger partial charge is 0.497 e. The van der Waals surface area contributed by atoms with Crippen LogP contribution in [0.1, 0.15) is 16.7 Å². The predicted octanol–water partition coefficient (Wildman–Crippen LogP) is 3.36. The summed E-state index contributed by atoms with van der Waals surface area (Å²) in [5, 5.41) is 0. The van der Waals surface area contributed by atoms with Gasteiger partial charge in [-0.25, -0.2) is 9.79 Å². The van der Waals surface area contributed by atoms with Crippen LogP contribution in [0.4, 0.5) is 0 Å². The molecule has 0 aliphatic carbocycles. The molecule has 1 aliphatic heterocycles. The van der Waals surface area contributed by atoms with E-state index in [0.717, 1.165) is 11.1 Å². The summed E-state index contributed by atoms with van der Waals surface area (Å²) in [6.45, 7) is 1.97. The second kappa shape index (κ2) is 6.58. The Morgan fingerprint density at radius 1 is 1.08 bits per heavy atom. The van der Waals surface area contributed by atoms with Crippen molar-refractivity contribution in [2.24, 2.45) is 4.99 Å². The zero-order chi connectivity index (χ0) is 17.1. The van der Waals surface area contributed by atoms with Gasteiger partial charge in [0.25, 0.3) is 0 Å². The van der Waals surface area contributed by atoms with Crippen LogP contribution < -0.4 is 9.47 Å². The van der Waals surface area contributed by atoms with Crippen molar-refractivity contribution in [1.82, 2.24) is 0 Å². The zero-order valence-corrected chi connectivity index (χ0v) is 13.7. The van der Waals surface area contributed by atoms with E-state index in [1.165, 1.54) is 0 Å². The highest BCUT2D eigenvalue weighted by atomic mass is 16.6. The minimum atomic E-state index is -0.489. The molecule has 2 aromatic carbocycles. The highest BCUT2D eigenvalue weighted by Gasteiger charge is 2.24. The average molecular weight is 323 g/mol. The van der Waals surface area contributed by atoms with Gasteiger partial charge >= 0.3 is 5.97 Å². The number of hydrogen-bond acceptors (Lipinski definition) is 5. The predicted molar refractivity (Wildman–Crippen MR) is 91.3 cm³/mol. The summed E-state index contributed by atoms with van der Waals surface area (Å²) < 4.78 is 15.8. The molecule has 0 spiro atoms. The first-order valence-corrected chi connectivity index (χ1v) is 7.42. The van der Waals surface area contributed by atoms with Crippen LogP contribution in [0.3, 0.4) is 0 Å². The third-order valence-electron chi connectivity index (χ3n) is 3.61. The minimum Gasteiger partial charge on any atom is -0.497 e. The number of carbonyl (C=O) groups excluding carboxylic acids is 1. The maximum atomic E-state index is 12.1. The van der Waals surface area contributed by atoms with E-state index in [0.29, 0.717) is 17.1 Å². The van der Waals surface area contributed by atoms with Crippen LogP contribution in [0.2, 0.25) is 0 Å². The van der Waals surface area contributed by atoms with E-state index in [4.69, 9.17) is 14.2 Å². The van der Waals surface area contributed by atoms with Crippen LogP contribution in [0.25, 0.3) is 6.08 Å². The van der Waals surface area contributed by atoms with E-state index in [1.54, 1.807) is 26.4 Å². The topological polar surface area (TPSA) is 57.1 Å². The van der Waals surface area contributed by atoms with Crippen molar-refractivity contribution in [3.8, 4) is 11.5 Å². The second-order valence-electron chi connectivity index (χ2n) is 5.31. The lowest BCUT2D eigenvalue weighted by molar-refractivity contribution is -0.129. The molecular weight excluding hydrogens is 306 g/mol. The van der Waals surface area contributed by atoms with E-state index < -0.39 is 5.97 Å². The molecule has 1 aliphatic rings. The van der Waals surface area contributed by atoms with Gasteiger partial charge in [-0.05, 0) is 43.3 Å². The van der Waals surface area contributed by atoms with Crippen molar-refractivity contribution in [1.29, 1.82) is 0 Å². The third-order valence-corrected chi connectivity index (χ3v) is 3.61. The summed E-state index contributed by atoms with van der Waals surface area (Å²) in [5.74, 6) is 1.11. The van der Waals surface area contributed by atoms with Gasteiger partial charge in [-0.2, -0.15) is 0 Å². The minimum absolute atomic E-state index is 0.233. The van der Waals surface area contributed by atoms with Crippen LogP contribution in [0.5, 0.6) is 11.5 Å². The fourth-order valence-electron chi connectivity index (χ4n) is 2.40. The molecule has 0 fully saturated rings. The summed E-state index contributed by atoms with van der Waals surface area (Å²) in [7, 11) is 3.17. The molecule has 3 rings (SSSR count). The first kappa shape index (κ1) is 15.8. The second-order valence-corrected chi connectivity index (χ2v) is 5.31. The number of esters is 1. The van der Waals surface area contributed by atoms with Crippen molar-refractivity contribution >= 4 is 17.9 Å². The van der Waals surface area contributed by atoms with Gasteiger partial charge in [0.15, 0.2) is 5.70 Å². The number of hydrogen-bond donors (Lipinski definition) is 0. The lowest BCUT2D eigenvalue weighted by Crippen LogP contribution is -2.05. The lowest BCUT2D eigenvalue weighted by Gasteiger charge is -2.05. The van der Waals surface area contributed by atoms with Crippen LogP contribution in [0, 0.1) is 6.92 Å². The summed E-state index contributed by atoms with van der Waals surface area (Å²) >= 11 is 0. The Morgan fingerprint density at radius 3 is 2.67 bits per heavy atom. The van der Waals surface area contributed by atoms with Crippen LogP contribution in [0.15, 0.2) is 53.2 Å². The van der Waals surface area contributed by atoms with Gasteiger partial charge in [0.05, 0.1) is 14.2 Å². The first-order chi connectivity index (χ1) is 11.6. The third kappa shape index (κ3) is 3.15. The lowest BCUT2D eigenvalue weighted by atomic mass is 10.1. The number of aryl methyl sites for hydroxylation is 1. The smallest absolute Gasteiger partial charge is 0.363 e. The van der Waals surface area contributed by atoms with Gasteiger partial charge in [-0.15, -0.1) is 0 Å². The summed E-state index contributed by atoms with van der Waals surface area (Å²) in [5.41, 5.74) is 2.75. The number of ether oxygens (including phenoxy) is 3. The van der Waals surface area contributed by atoms with Crippen LogP contribution in [-0.4, -0.2) is 26.1 Å². The van der Waals surface area contributed by atoms with E-state index in [9.17, 15) is 4.79 Å². The highest BCUT2D eigenvalue weighted by molar-refractivity contribution is 6.13. The molecule has 0 bridgehead atoms. The molecule has 24 heavy (non-hydrogen) atoms. The number of rotatable bonds is 4. The Hall–Kier alpha value is -3.08. The Balaban J connectivity index is 1.98. The van der Waals surface area contributed by atoms with Crippen molar-refractivity contribution in [2.75, 3.05) is 14.2 Å². The number of carbonyl (C=O) groups is 1. The van der Waals surface area contributed by atoms with Crippen molar-refractivity contribution in [3.63, 3.8) is 0 Å². The maximum absolute atomic E-state index is 12.1. The highest BCUT2D eigenvalue weighted by Crippen LogP contribution is 2.26. The fraction of sp³-hybridized carbons (Fsp3) is 0.158. The van der Waals surface area contributed by atoms with Crippen molar-refractivity contribution in [3.05, 3.63) is 64.9 Å². The Bertz CT molecular complexity index is 852. The zero-order valence-electron chi connectivity index (χ0n) is 13.7. The summed E-state index contributed by atoms with van der Waals surface area (Å²) in [4.78, 5) is 16.4. The number of methoxy groups -OCH3 is 2. The molecule has 0 saturated heterocycles. The molecule has 0 saturated carbocycles. The van der Waals surface area contributed by atoms with Gasteiger partial charge in [0, 0.05) is 11.1 Å². The number of nitrogens with zero attached hydrogens (tertiary/aromatic N) is 1. The molecule has 0 amide bonds. The average Bonchev–Trinajstić information content (AvgIpc) is 2.96. The maximum Gasteiger partial charge on any atom is 0.363 e. The van der Waals surface area contributed by atoms with Crippen molar-refractivity contribution < 1.29 is 19.0 Å². The molecule has 0 N–H and O–H groups in total. The number of cyclic esters (lactones) is 1. The molecule has 2 aromatic rings. The van der Waals surface area contributed by atoms with Gasteiger partial charge in [0.1, 0.15) is 11.5 Å². The SMILES string of the molecule is COc1cccc(C2=N/C(=C/c3cc(C)ccc3OC)C(=O)O2)c1. The van der Waals surface area contributed by atoms with Gasteiger partial charge in [-0.1, -0.05) is 17.7 Å². The Labute approximate surface area is 140 Å². The molecule has 122 valence electrons. The fourth-order valence-corrected chi connectivity index (χ4v) is 2.40. The molecule has 0 unspecified atom stereocenters. The van der Waals surface area contributed by atoms with E-state index in [2.05, 4.69) is 4.99 Å². The molecule has 0 radical (unpaired) electrons. The van der Waals surface area contributed by atoms with E-state index in [1.807, 2.05) is 43.3 Å². The Morgan fingerprint density at radius 2 is 1.92 bits per heavy atom. The van der Waals surface area contributed by atoms with Crippen LogP contribution >= 0.6 is 0 Å². The van der Waals surface area contributed by atoms with Crippen LogP contribution in [-0.2, 0) is 9.53 Å². The molecule has 5 heteroatoms. The molecule has 0 aromatic heterocycles. The van der Waals surface area contributed by atoms with E-state index >= 15 is 0 Å². The quantitative estimate of drug-likeness (QED) is 0.639. The van der Waals surface area contributed by atoms with Gasteiger partial charge < -0.3 is 14.2 Å². The van der Waals surface area contributed by atoms with Gasteiger partial charge in [0.2, 0.25) is 5.90 Å². The summed E-state index contributed by atoms with van der Waals surface area (Å²) in [6, 6.07) is 12.9. The van der Waals surface area contributed by atoms with Gasteiger partial charge in [-0.3, -0.25) is 0 Å². The molecule has 1 heterocycles. The molecular formula is C19H17NO4. The number of benzene rings is 2. The number of aliphatic imine (C=N–C) groups is 1. The summed E-state index contributed by atoms with van der Waals surface area (Å²) in [6.07, 6.45) is 1.67. The Kier molecular flexibility index (Phi) is 4.33. The normalized spacial score (nSPS) is 15.2. The monoisotopic (exact) mass is 323 g/mol. The standard InChI is InChI=1S/C19H17NO4/c1-12-7-8-17(23-3)14(9-12)11-16-19(21)24-18(20-16)13-5-4-6-15(10-13)22-2/h4-11H,1-3H3/b16-11+. The first-order valence-electron chi connectivity index (χ1n) is 7.42. The molecule has 0 atom stereocenters. The van der Waals surface area contributed by atoms with E-state index in [-0.39, 0.29) is 11.6 Å². The molecule has 5 nitrogen and oxygen atoms in total. The van der Waals surface area contributed by atoms with Crippen molar-refractivity contribution in [2.45, 2.75) is 6.92 Å².